The average molecular weight is 335 g/mol. The molecule has 0 aliphatic rings. The van der Waals surface area contributed by atoms with Gasteiger partial charge in [-0.05, 0) is 19.1 Å². The van der Waals surface area contributed by atoms with Gasteiger partial charge < -0.3 is 4.42 Å². The lowest BCUT2D eigenvalue weighted by atomic mass is 10.1. The predicted octanol–water partition coefficient (Wildman–Crippen LogP) is 2.25. The highest BCUT2D eigenvalue weighted by Crippen LogP contribution is 2.24. The number of nitrogens with one attached hydrogen (secondary N) is 1. The Morgan fingerprint density at radius 1 is 1.32 bits per heavy atom. The highest BCUT2D eigenvalue weighted by Gasteiger charge is 2.18. The second-order valence-corrected chi connectivity index (χ2v) is 6.37. The van der Waals surface area contributed by atoms with Crippen molar-refractivity contribution in [3.8, 4) is 11.5 Å². The molecule has 0 spiro atoms. The van der Waals surface area contributed by atoms with Gasteiger partial charge in [-0.2, -0.15) is 8.78 Å². The van der Waals surface area contributed by atoms with Crippen LogP contribution in [-0.4, -0.2) is 24.4 Å². The van der Waals surface area contributed by atoms with Gasteiger partial charge in [-0.3, -0.25) is 0 Å². The van der Waals surface area contributed by atoms with E-state index in [1.165, 1.54) is 19.1 Å². The third-order valence-corrected chi connectivity index (χ3v) is 4.13. The van der Waals surface area contributed by atoms with Crippen molar-refractivity contribution >= 4 is 10.0 Å². The van der Waals surface area contributed by atoms with Gasteiger partial charge in [0.1, 0.15) is 5.82 Å². The molecule has 0 saturated heterocycles. The van der Waals surface area contributed by atoms with E-state index in [0.29, 0.717) is 0 Å². The Hall–Kier alpha value is -1.94. The van der Waals surface area contributed by atoms with E-state index in [2.05, 4.69) is 14.9 Å². The van der Waals surface area contributed by atoms with Crippen molar-refractivity contribution in [3.63, 3.8) is 0 Å². The summed E-state index contributed by atoms with van der Waals surface area (Å²) < 4.78 is 68.1. The Morgan fingerprint density at radius 2 is 2.05 bits per heavy atom. The highest BCUT2D eigenvalue weighted by molar-refractivity contribution is 7.89. The van der Waals surface area contributed by atoms with E-state index in [-0.39, 0.29) is 29.3 Å². The normalized spacial score (nSPS) is 12.0. The lowest BCUT2D eigenvalue weighted by Gasteiger charge is -2.06. The number of nitrogens with zero attached hydrogens (tertiary/aromatic N) is 2. The second kappa shape index (κ2) is 6.44. The van der Waals surface area contributed by atoms with Crippen molar-refractivity contribution in [3.05, 3.63) is 35.5 Å². The molecule has 0 saturated carbocycles. The summed E-state index contributed by atoms with van der Waals surface area (Å²) in [5, 5.41) is 6.55. The zero-order chi connectivity index (χ0) is 16.3. The lowest BCUT2D eigenvalue weighted by molar-refractivity contribution is 0.116. The molecule has 1 N–H and O–H groups in total. The quantitative estimate of drug-likeness (QED) is 0.875. The van der Waals surface area contributed by atoms with Crippen molar-refractivity contribution in [2.75, 3.05) is 5.75 Å². The molecule has 0 aliphatic heterocycles. The van der Waals surface area contributed by atoms with E-state index >= 15 is 0 Å². The molecule has 1 aromatic heterocycles. The van der Waals surface area contributed by atoms with Crippen LogP contribution < -0.4 is 4.72 Å². The minimum absolute atomic E-state index is 0.106. The summed E-state index contributed by atoms with van der Waals surface area (Å²) in [4.78, 5) is 0. The number of benzene rings is 1. The van der Waals surface area contributed by atoms with E-state index in [4.69, 9.17) is 4.42 Å². The number of halogens is 3. The lowest BCUT2D eigenvalue weighted by Crippen LogP contribution is -2.25. The van der Waals surface area contributed by atoms with Gasteiger partial charge in [-0.25, -0.2) is 17.5 Å². The van der Waals surface area contributed by atoms with E-state index < -0.39 is 28.2 Å². The SMILES string of the molecule is CCS(=O)(=O)NCc1ccc(-c2nnc(C(F)F)o2)cc1F. The van der Waals surface area contributed by atoms with Crippen LogP contribution in [0.1, 0.15) is 24.8 Å². The molecule has 2 rings (SSSR count). The molecule has 22 heavy (non-hydrogen) atoms. The molecular weight excluding hydrogens is 323 g/mol. The van der Waals surface area contributed by atoms with Crippen molar-refractivity contribution in [2.24, 2.45) is 0 Å². The van der Waals surface area contributed by atoms with Gasteiger partial charge in [-0.1, -0.05) is 6.07 Å². The van der Waals surface area contributed by atoms with Gasteiger partial charge in [0.25, 0.3) is 5.89 Å². The number of rotatable bonds is 6. The maximum atomic E-state index is 13.9. The fraction of sp³-hybridized carbons (Fsp3) is 0.333. The van der Waals surface area contributed by atoms with Crippen LogP contribution in [0.4, 0.5) is 13.2 Å². The Bertz CT molecular complexity index is 762. The third kappa shape index (κ3) is 3.83. The van der Waals surface area contributed by atoms with Crippen LogP contribution in [0.15, 0.2) is 22.6 Å². The summed E-state index contributed by atoms with van der Waals surface area (Å²) in [7, 11) is -3.44. The minimum Gasteiger partial charge on any atom is -0.415 e. The Morgan fingerprint density at radius 3 is 2.59 bits per heavy atom. The molecule has 0 bridgehead atoms. The first-order chi connectivity index (χ1) is 10.3. The standard InChI is InChI=1S/C12H12F3N3O3S/c1-2-22(19,20)16-6-8-4-3-7(5-9(8)13)11-17-18-12(21-11)10(14)15/h3-5,10,16H,2,6H2,1H3. The highest BCUT2D eigenvalue weighted by atomic mass is 32.2. The molecule has 0 aliphatic carbocycles. The molecule has 2 aromatic rings. The van der Waals surface area contributed by atoms with Crippen LogP contribution in [0.5, 0.6) is 0 Å². The summed E-state index contributed by atoms with van der Waals surface area (Å²) in [6.07, 6.45) is -2.91. The minimum atomic E-state index is -3.44. The second-order valence-electron chi connectivity index (χ2n) is 4.28. The molecule has 6 nitrogen and oxygen atoms in total. The fourth-order valence-electron chi connectivity index (χ4n) is 1.55. The van der Waals surface area contributed by atoms with E-state index in [1.807, 2.05) is 0 Å². The Kier molecular flexibility index (Phi) is 4.81. The van der Waals surface area contributed by atoms with Gasteiger partial charge in [-0.15, -0.1) is 10.2 Å². The van der Waals surface area contributed by atoms with Crippen molar-refractivity contribution in [1.82, 2.24) is 14.9 Å². The maximum absolute atomic E-state index is 13.9. The summed E-state index contributed by atoms with van der Waals surface area (Å²) in [5.74, 6) is -1.93. The maximum Gasteiger partial charge on any atom is 0.314 e. The first kappa shape index (κ1) is 16.4. The number of alkyl halides is 2. The van der Waals surface area contributed by atoms with E-state index in [1.54, 1.807) is 0 Å². The average Bonchev–Trinajstić information content (AvgIpc) is 2.96. The van der Waals surface area contributed by atoms with Gasteiger partial charge in [0.15, 0.2) is 0 Å². The number of hydrogen-bond donors (Lipinski definition) is 1. The Balaban J connectivity index is 2.18. The van der Waals surface area contributed by atoms with Crippen LogP contribution in [0.3, 0.4) is 0 Å². The smallest absolute Gasteiger partial charge is 0.314 e. The number of sulfonamides is 1. The van der Waals surface area contributed by atoms with Gasteiger partial charge in [0, 0.05) is 17.7 Å². The van der Waals surface area contributed by atoms with Crippen molar-refractivity contribution in [1.29, 1.82) is 0 Å². The van der Waals surface area contributed by atoms with Gasteiger partial charge in [0.05, 0.1) is 5.75 Å². The molecule has 1 aromatic carbocycles. The van der Waals surface area contributed by atoms with Crippen LogP contribution in [0.2, 0.25) is 0 Å². The Labute approximate surface area is 124 Å². The monoisotopic (exact) mass is 335 g/mol. The zero-order valence-corrected chi connectivity index (χ0v) is 12.2. The summed E-state index contributed by atoms with van der Waals surface area (Å²) >= 11 is 0. The molecule has 0 amide bonds. The van der Waals surface area contributed by atoms with E-state index in [0.717, 1.165) is 6.07 Å². The first-order valence-corrected chi connectivity index (χ1v) is 7.85. The topological polar surface area (TPSA) is 85.1 Å². The molecule has 0 unspecified atom stereocenters. The van der Waals surface area contributed by atoms with Crippen LogP contribution in [-0.2, 0) is 16.6 Å². The number of hydrogen-bond acceptors (Lipinski definition) is 5. The molecule has 0 fully saturated rings. The molecular formula is C12H12F3N3O3S. The summed E-state index contributed by atoms with van der Waals surface area (Å²) in [6, 6.07) is 3.70. The predicted molar refractivity (Wildman–Crippen MR) is 70.9 cm³/mol. The van der Waals surface area contributed by atoms with E-state index in [9.17, 15) is 21.6 Å². The van der Waals surface area contributed by atoms with Crippen LogP contribution in [0, 0.1) is 5.82 Å². The fourth-order valence-corrected chi connectivity index (χ4v) is 2.13. The first-order valence-electron chi connectivity index (χ1n) is 6.20. The largest absolute Gasteiger partial charge is 0.415 e. The molecule has 1 heterocycles. The van der Waals surface area contributed by atoms with Crippen LogP contribution in [0.25, 0.3) is 11.5 Å². The van der Waals surface area contributed by atoms with Gasteiger partial charge in [0.2, 0.25) is 15.9 Å². The van der Waals surface area contributed by atoms with Crippen molar-refractivity contribution < 1.29 is 26.0 Å². The van der Waals surface area contributed by atoms with Gasteiger partial charge >= 0.3 is 6.43 Å². The molecule has 0 radical (unpaired) electrons. The molecule has 10 heteroatoms. The van der Waals surface area contributed by atoms with Crippen molar-refractivity contribution in [2.45, 2.75) is 19.9 Å². The number of aromatic nitrogens is 2. The summed E-state index contributed by atoms with van der Waals surface area (Å²) in [5.41, 5.74) is 0.230. The molecule has 0 atom stereocenters. The zero-order valence-electron chi connectivity index (χ0n) is 11.4. The molecule has 120 valence electrons. The summed E-state index contributed by atoms with van der Waals surface area (Å²) in [6.45, 7) is 1.24. The van der Waals surface area contributed by atoms with Crippen LogP contribution >= 0.6 is 0 Å². The third-order valence-electron chi connectivity index (χ3n) is 2.79.